The van der Waals surface area contributed by atoms with Crippen molar-refractivity contribution in [3.63, 3.8) is 0 Å². The summed E-state index contributed by atoms with van der Waals surface area (Å²) in [6.45, 7) is 0.352. The standard InChI is InChI=1S/C12H15FN4/c1-17-12(15-11(8-14)16-17)7-4-9-2-5-10(13)6-3-9/h2-3,5-6H,4,7-8,14H2,1H3. The first-order valence-electron chi connectivity index (χ1n) is 5.52. The molecule has 0 aliphatic heterocycles. The molecule has 2 rings (SSSR count). The zero-order valence-corrected chi connectivity index (χ0v) is 9.73. The maximum absolute atomic E-state index is 12.7. The number of nitrogens with zero attached hydrogens (tertiary/aromatic N) is 3. The fourth-order valence-corrected chi connectivity index (χ4v) is 1.69. The Morgan fingerprint density at radius 2 is 1.94 bits per heavy atom. The largest absolute Gasteiger partial charge is 0.324 e. The number of aromatic nitrogens is 3. The van der Waals surface area contributed by atoms with Crippen LogP contribution in [0.3, 0.4) is 0 Å². The number of hydrogen-bond acceptors (Lipinski definition) is 3. The molecule has 0 bridgehead atoms. The van der Waals surface area contributed by atoms with Gasteiger partial charge in [0, 0.05) is 13.5 Å². The summed E-state index contributed by atoms with van der Waals surface area (Å²) in [5.41, 5.74) is 6.56. The number of rotatable bonds is 4. The summed E-state index contributed by atoms with van der Waals surface area (Å²) in [6.07, 6.45) is 1.59. The highest BCUT2D eigenvalue weighted by Crippen LogP contribution is 2.07. The van der Waals surface area contributed by atoms with E-state index in [0.29, 0.717) is 12.4 Å². The lowest BCUT2D eigenvalue weighted by molar-refractivity contribution is 0.626. The lowest BCUT2D eigenvalue weighted by Crippen LogP contribution is -2.01. The van der Waals surface area contributed by atoms with Crippen molar-refractivity contribution in [3.05, 3.63) is 47.3 Å². The number of benzene rings is 1. The molecular formula is C12H15FN4. The predicted molar refractivity (Wildman–Crippen MR) is 62.7 cm³/mol. The third-order valence-corrected chi connectivity index (χ3v) is 2.63. The second-order valence-corrected chi connectivity index (χ2v) is 3.90. The smallest absolute Gasteiger partial charge is 0.164 e. The SMILES string of the molecule is Cn1nc(CN)nc1CCc1ccc(F)cc1. The van der Waals surface area contributed by atoms with Crippen molar-refractivity contribution in [2.24, 2.45) is 12.8 Å². The molecule has 0 radical (unpaired) electrons. The van der Waals surface area contributed by atoms with E-state index in [9.17, 15) is 4.39 Å². The van der Waals surface area contributed by atoms with E-state index in [0.717, 1.165) is 24.2 Å². The Morgan fingerprint density at radius 1 is 1.24 bits per heavy atom. The zero-order valence-electron chi connectivity index (χ0n) is 9.73. The Bertz CT molecular complexity index is 490. The number of hydrogen-bond donors (Lipinski definition) is 1. The van der Waals surface area contributed by atoms with Gasteiger partial charge >= 0.3 is 0 Å². The summed E-state index contributed by atoms with van der Waals surface area (Å²) in [5.74, 6) is 1.34. The van der Waals surface area contributed by atoms with Crippen LogP contribution in [0.4, 0.5) is 4.39 Å². The Kier molecular flexibility index (Phi) is 3.49. The molecule has 0 atom stereocenters. The Morgan fingerprint density at radius 3 is 2.53 bits per heavy atom. The predicted octanol–water partition coefficient (Wildman–Crippen LogP) is 1.20. The molecule has 0 aliphatic rings. The average Bonchev–Trinajstić information content (AvgIpc) is 2.69. The maximum atomic E-state index is 12.7. The van der Waals surface area contributed by atoms with Crippen LogP contribution in [-0.4, -0.2) is 14.8 Å². The molecule has 0 fully saturated rings. The second-order valence-electron chi connectivity index (χ2n) is 3.90. The Labute approximate surface area is 99.3 Å². The van der Waals surface area contributed by atoms with Gasteiger partial charge in [0.05, 0.1) is 6.54 Å². The van der Waals surface area contributed by atoms with Crippen LogP contribution < -0.4 is 5.73 Å². The molecule has 0 spiro atoms. The highest BCUT2D eigenvalue weighted by atomic mass is 19.1. The third-order valence-electron chi connectivity index (χ3n) is 2.63. The molecule has 0 saturated carbocycles. The molecule has 0 amide bonds. The highest BCUT2D eigenvalue weighted by molar-refractivity contribution is 5.16. The number of halogens is 1. The van der Waals surface area contributed by atoms with Crippen molar-refractivity contribution in [2.75, 3.05) is 0 Å². The molecule has 1 aromatic heterocycles. The van der Waals surface area contributed by atoms with Gasteiger partial charge in [-0.3, -0.25) is 4.68 Å². The van der Waals surface area contributed by atoms with Gasteiger partial charge in [-0.05, 0) is 24.1 Å². The fourth-order valence-electron chi connectivity index (χ4n) is 1.69. The minimum Gasteiger partial charge on any atom is -0.324 e. The van der Waals surface area contributed by atoms with Gasteiger partial charge in [0.1, 0.15) is 11.6 Å². The van der Waals surface area contributed by atoms with E-state index < -0.39 is 0 Å². The minimum absolute atomic E-state index is 0.210. The van der Waals surface area contributed by atoms with Crippen LogP contribution in [0.5, 0.6) is 0 Å². The summed E-state index contributed by atoms with van der Waals surface area (Å²) in [5, 5.41) is 4.18. The van der Waals surface area contributed by atoms with Crippen molar-refractivity contribution < 1.29 is 4.39 Å². The second kappa shape index (κ2) is 5.05. The summed E-state index contributed by atoms with van der Waals surface area (Å²) in [6, 6.07) is 6.51. The van der Waals surface area contributed by atoms with Crippen molar-refractivity contribution in [1.29, 1.82) is 0 Å². The molecule has 1 aromatic carbocycles. The molecular weight excluding hydrogens is 219 g/mol. The van der Waals surface area contributed by atoms with Crippen molar-refractivity contribution in [1.82, 2.24) is 14.8 Å². The molecule has 5 heteroatoms. The van der Waals surface area contributed by atoms with Crippen LogP contribution in [0, 0.1) is 5.82 Å². The lowest BCUT2D eigenvalue weighted by Gasteiger charge is -2.01. The number of aryl methyl sites for hydroxylation is 3. The van der Waals surface area contributed by atoms with Gasteiger partial charge in [-0.25, -0.2) is 9.37 Å². The molecule has 0 aliphatic carbocycles. The topological polar surface area (TPSA) is 56.7 Å². The van der Waals surface area contributed by atoms with Gasteiger partial charge < -0.3 is 5.73 Å². The van der Waals surface area contributed by atoms with Crippen molar-refractivity contribution >= 4 is 0 Å². The third kappa shape index (κ3) is 2.88. The molecule has 4 nitrogen and oxygen atoms in total. The van der Waals surface area contributed by atoms with Crippen LogP contribution in [0.25, 0.3) is 0 Å². The quantitative estimate of drug-likeness (QED) is 0.864. The summed E-state index contributed by atoms with van der Waals surface area (Å²) >= 11 is 0. The van der Waals surface area contributed by atoms with E-state index in [1.54, 1.807) is 16.8 Å². The normalized spacial score (nSPS) is 10.8. The zero-order chi connectivity index (χ0) is 12.3. The van der Waals surface area contributed by atoms with Crippen LogP contribution in [0.15, 0.2) is 24.3 Å². The van der Waals surface area contributed by atoms with E-state index in [1.807, 2.05) is 7.05 Å². The summed E-state index contributed by atoms with van der Waals surface area (Å²) < 4.78 is 14.5. The van der Waals surface area contributed by atoms with Gasteiger partial charge in [0.2, 0.25) is 0 Å². The van der Waals surface area contributed by atoms with Crippen molar-refractivity contribution in [3.8, 4) is 0 Å². The van der Waals surface area contributed by atoms with Crippen LogP contribution in [0.1, 0.15) is 17.2 Å². The van der Waals surface area contributed by atoms with E-state index in [4.69, 9.17) is 5.73 Å². The molecule has 2 N–H and O–H groups in total. The first-order valence-corrected chi connectivity index (χ1v) is 5.52. The summed E-state index contributed by atoms with van der Waals surface area (Å²) in [4.78, 5) is 4.31. The van der Waals surface area contributed by atoms with E-state index in [2.05, 4.69) is 10.1 Å². The lowest BCUT2D eigenvalue weighted by atomic mass is 10.1. The minimum atomic E-state index is -0.210. The Balaban J connectivity index is 2.01. The van der Waals surface area contributed by atoms with Gasteiger partial charge in [0.25, 0.3) is 0 Å². The van der Waals surface area contributed by atoms with E-state index >= 15 is 0 Å². The molecule has 0 unspecified atom stereocenters. The van der Waals surface area contributed by atoms with Crippen molar-refractivity contribution in [2.45, 2.75) is 19.4 Å². The van der Waals surface area contributed by atoms with Gasteiger partial charge in [-0.2, -0.15) is 5.10 Å². The molecule has 17 heavy (non-hydrogen) atoms. The van der Waals surface area contributed by atoms with E-state index in [-0.39, 0.29) is 5.82 Å². The van der Waals surface area contributed by atoms with E-state index in [1.165, 1.54) is 12.1 Å². The molecule has 1 heterocycles. The van der Waals surface area contributed by atoms with Gasteiger partial charge in [0.15, 0.2) is 5.82 Å². The monoisotopic (exact) mass is 234 g/mol. The first-order chi connectivity index (χ1) is 8.19. The number of nitrogens with two attached hydrogens (primary N) is 1. The van der Waals surface area contributed by atoms with Crippen LogP contribution >= 0.6 is 0 Å². The summed E-state index contributed by atoms with van der Waals surface area (Å²) in [7, 11) is 1.85. The first kappa shape index (κ1) is 11.7. The molecule has 0 saturated heterocycles. The van der Waals surface area contributed by atoms with Crippen LogP contribution in [-0.2, 0) is 26.4 Å². The van der Waals surface area contributed by atoms with Gasteiger partial charge in [-0.1, -0.05) is 12.1 Å². The van der Waals surface area contributed by atoms with Crippen LogP contribution in [0.2, 0.25) is 0 Å². The fraction of sp³-hybridized carbons (Fsp3) is 0.333. The highest BCUT2D eigenvalue weighted by Gasteiger charge is 2.05. The van der Waals surface area contributed by atoms with Gasteiger partial charge in [-0.15, -0.1) is 0 Å². The molecule has 90 valence electrons. The Hall–Kier alpha value is -1.75. The molecule has 2 aromatic rings. The average molecular weight is 234 g/mol. The maximum Gasteiger partial charge on any atom is 0.164 e.